The van der Waals surface area contributed by atoms with Gasteiger partial charge in [0.05, 0.1) is 11.3 Å². The largest absolute Gasteiger partial charge is 0.456 e. The molecule has 1 aliphatic rings. The van der Waals surface area contributed by atoms with Crippen LogP contribution in [0.2, 0.25) is 5.02 Å². The maximum atomic E-state index is 12.7. The molecule has 9 heteroatoms. The second-order valence-corrected chi connectivity index (χ2v) is 9.79. The van der Waals surface area contributed by atoms with E-state index in [9.17, 15) is 18.0 Å². The summed E-state index contributed by atoms with van der Waals surface area (Å²) in [4.78, 5) is 26.2. The zero-order valence-corrected chi connectivity index (χ0v) is 18.8. The molecule has 2 aromatic rings. The molecule has 3 rings (SSSR count). The summed E-state index contributed by atoms with van der Waals surface area (Å²) >= 11 is 5.82. The minimum absolute atomic E-state index is 0.00887. The molecule has 166 valence electrons. The smallest absolute Gasteiger partial charge is 0.306 e. The molecule has 7 nitrogen and oxygen atoms in total. The SMILES string of the molecule is CC(CC(=O)OCC(=O)N1CCN(S(=O)(=O)c2ccc(Cl)cc2)CC1)c1ccccc1. The highest BCUT2D eigenvalue weighted by molar-refractivity contribution is 7.89. The maximum Gasteiger partial charge on any atom is 0.306 e. The van der Waals surface area contributed by atoms with Crippen molar-refractivity contribution >= 4 is 33.5 Å². The number of esters is 1. The summed E-state index contributed by atoms with van der Waals surface area (Å²) in [5.74, 6) is -0.775. The maximum absolute atomic E-state index is 12.7. The first-order chi connectivity index (χ1) is 14.8. The van der Waals surface area contributed by atoms with Crippen molar-refractivity contribution < 1.29 is 22.7 Å². The monoisotopic (exact) mass is 464 g/mol. The Morgan fingerprint density at radius 1 is 1.00 bits per heavy atom. The van der Waals surface area contributed by atoms with Crippen LogP contribution in [0.3, 0.4) is 0 Å². The first-order valence-corrected chi connectivity index (χ1v) is 11.8. The number of carbonyl (C=O) groups excluding carboxylic acids is 2. The van der Waals surface area contributed by atoms with E-state index in [0.29, 0.717) is 5.02 Å². The molecule has 1 saturated heterocycles. The van der Waals surface area contributed by atoms with E-state index in [-0.39, 0.29) is 55.9 Å². The van der Waals surface area contributed by atoms with Gasteiger partial charge in [0.15, 0.2) is 6.61 Å². The number of ether oxygens (including phenoxy) is 1. The lowest BCUT2D eigenvalue weighted by molar-refractivity contribution is -0.152. The Bertz CT molecular complexity index is 1000. The molecule has 2 aromatic carbocycles. The fourth-order valence-corrected chi connectivity index (χ4v) is 4.92. The zero-order valence-electron chi connectivity index (χ0n) is 17.2. The van der Waals surface area contributed by atoms with Crippen molar-refractivity contribution in [3.63, 3.8) is 0 Å². The summed E-state index contributed by atoms with van der Waals surface area (Å²) in [6.45, 7) is 2.42. The van der Waals surface area contributed by atoms with Crippen LogP contribution in [0.25, 0.3) is 0 Å². The van der Waals surface area contributed by atoms with Crippen LogP contribution >= 0.6 is 11.6 Å². The van der Waals surface area contributed by atoms with Crippen LogP contribution in [0.4, 0.5) is 0 Å². The van der Waals surface area contributed by atoms with Gasteiger partial charge in [-0.1, -0.05) is 48.9 Å². The second-order valence-electron chi connectivity index (χ2n) is 7.42. The molecule has 0 N–H and O–H groups in total. The Balaban J connectivity index is 1.45. The van der Waals surface area contributed by atoms with E-state index in [1.54, 1.807) is 0 Å². The fourth-order valence-electron chi connectivity index (χ4n) is 3.38. The van der Waals surface area contributed by atoms with Gasteiger partial charge in [-0.3, -0.25) is 9.59 Å². The number of sulfonamides is 1. The quantitative estimate of drug-likeness (QED) is 0.588. The van der Waals surface area contributed by atoms with Gasteiger partial charge < -0.3 is 9.64 Å². The van der Waals surface area contributed by atoms with E-state index in [1.165, 1.54) is 33.5 Å². The molecule has 0 radical (unpaired) electrons. The lowest BCUT2D eigenvalue weighted by Gasteiger charge is -2.33. The average Bonchev–Trinajstić information content (AvgIpc) is 2.78. The molecule has 1 unspecified atom stereocenters. The van der Waals surface area contributed by atoms with Gasteiger partial charge in [-0.25, -0.2) is 8.42 Å². The molecule has 1 amide bonds. The summed E-state index contributed by atoms with van der Waals surface area (Å²) in [6.07, 6.45) is 0.185. The average molecular weight is 465 g/mol. The molecule has 1 fully saturated rings. The number of halogens is 1. The summed E-state index contributed by atoms with van der Waals surface area (Å²) in [5, 5.41) is 0.460. The number of benzene rings is 2. The van der Waals surface area contributed by atoms with Crippen LogP contribution in [0, 0.1) is 0 Å². The standard InChI is InChI=1S/C22H25ClN2O5S/c1-17(18-5-3-2-4-6-18)15-22(27)30-16-21(26)24-11-13-25(14-12-24)31(28,29)20-9-7-19(23)8-10-20/h2-10,17H,11-16H2,1H3. The van der Waals surface area contributed by atoms with E-state index in [0.717, 1.165) is 5.56 Å². The van der Waals surface area contributed by atoms with Crippen LogP contribution in [0.5, 0.6) is 0 Å². The molecule has 1 aliphatic heterocycles. The molecular weight excluding hydrogens is 440 g/mol. The lowest BCUT2D eigenvalue weighted by Crippen LogP contribution is -2.51. The summed E-state index contributed by atoms with van der Waals surface area (Å²) < 4.78 is 31.9. The van der Waals surface area contributed by atoms with E-state index < -0.39 is 16.0 Å². The number of piperazine rings is 1. The first kappa shape index (κ1) is 23.2. The predicted octanol–water partition coefficient (Wildman–Crippen LogP) is 2.91. The van der Waals surface area contributed by atoms with Crippen LogP contribution in [-0.4, -0.2) is 62.3 Å². The van der Waals surface area contributed by atoms with Crippen molar-refractivity contribution in [2.75, 3.05) is 32.8 Å². The van der Waals surface area contributed by atoms with E-state index in [1.807, 2.05) is 37.3 Å². The van der Waals surface area contributed by atoms with Gasteiger partial charge in [-0.15, -0.1) is 0 Å². The summed E-state index contributed by atoms with van der Waals surface area (Å²) in [6, 6.07) is 15.6. The van der Waals surface area contributed by atoms with Gasteiger partial charge in [-0.05, 0) is 35.7 Å². The van der Waals surface area contributed by atoms with Crippen molar-refractivity contribution in [1.29, 1.82) is 0 Å². The van der Waals surface area contributed by atoms with Gasteiger partial charge in [0, 0.05) is 31.2 Å². The van der Waals surface area contributed by atoms with Crippen LogP contribution in [0.15, 0.2) is 59.5 Å². The Labute approximate surface area is 187 Å². The third kappa shape index (κ3) is 6.06. The second kappa shape index (κ2) is 10.3. The Morgan fingerprint density at radius 2 is 1.61 bits per heavy atom. The topological polar surface area (TPSA) is 84.0 Å². The Morgan fingerprint density at radius 3 is 2.23 bits per heavy atom. The first-order valence-electron chi connectivity index (χ1n) is 10.0. The third-order valence-electron chi connectivity index (χ3n) is 5.24. The number of carbonyl (C=O) groups is 2. The molecule has 0 spiro atoms. The van der Waals surface area contributed by atoms with Crippen LogP contribution in [0.1, 0.15) is 24.8 Å². The minimum Gasteiger partial charge on any atom is -0.456 e. The van der Waals surface area contributed by atoms with Crippen molar-refractivity contribution in [2.24, 2.45) is 0 Å². The number of amides is 1. The van der Waals surface area contributed by atoms with E-state index in [2.05, 4.69) is 0 Å². The molecule has 1 heterocycles. The highest BCUT2D eigenvalue weighted by Crippen LogP contribution is 2.21. The fraction of sp³-hybridized carbons (Fsp3) is 0.364. The highest BCUT2D eigenvalue weighted by atomic mass is 35.5. The molecule has 0 aliphatic carbocycles. The molecule has 0 aromatic heterocycles. The predicted molar refractivity (Wildman–Crippen MR) is 117 cm³/mol. The normalized spacial score (nSPS) is 16.0. The Kier molecular flexibility index (Phi) is 7.69. The molecule has 0 bridgehead atoms. The van der Waals surface area contributed by atoms with E-state index >= 15 is 0 Å². The van der Waals surface area contributed by atoms with E-state index in [4.69, 9.17) is 16.3 Å². The van der Waals surface area contributed by atoms with Gasteiger partial charge >= 0.3 is 5.97 Å². The van der Waals surface area contributed by atoms with Crippen molar-refractivity contribution in [1.82, 2.24) is 9.21 Å². The highest BCUT2D eigenvalue weighted by Gasteiger charge is 2.30. The number of rotatable bonds is 7. The minimum atomic E-state index is -3.64. The van der Waals surface area contributed by atoms with Crippen molar-refractivity contribution in [2.45, 2.75) is 24.2 Å². The van der Waals surface area contributed by atoms with Gasteiger partial charge in [-0.2, -0.15) is 4.31 Å². The van der Waals surface area contributed by atoms with Crippen LogP contribution in [-0.2, 0) is 24.3 Å². The summed E-state index contributed by atoms with van der Waals surface area (Å²) in [7, 11) is -3.64. The number of hydrogen-bond donors (Lipinski definition) is 0. The Hall–Kier alpha value is -2.42. The molecule has 1 atom stereocenters. The zero-order chi connectivity index (χ0) is 22.4. The third-order valence-corrected chi connectivity index (χ3v) is 7.41. The molecular formula is C22H25ClN2O5S. The number of nitrogens with zero attached hydrogens (tertiary/aromatic N) is 2. The summed E-state index contributed by atoms with van der Waals surface area (Å²) in [5.41, 5.74) is 1.03. The van der Waals surface area contributed by atoms with Gasteiger partial charge in [0.25, 0.3) is 5.91 Å². The van der Waals surface area contributed by atoms with Gasteiger partial charge in [0.2, 0.25) is 10.0 Å². The lowest BCUT2D eigenvalue weighted by atomic mass is 9.98. The van der Waals surface area contributed by atoms with Gasteiger partial charge in [0.1, 0.15) is 0 Å². The van der Waals surface area contributed by atoms with Crippen molar-refractivity contribution in [3.05, 3.63) is 65.2 Å². The number of hydrogen-bond acceptors (Lipinski definition) is 5. The van der Waals surface area contributed by atoms with Crippen LogP contribution < -0.4 is 0 Å². The van der Waals surface area contributed by atoms with Crippen molar-refractivity contribution in [3.8, 4) is 0 Å². The molecule has 0 saturated carbocycles. The molecule has 31 heavy (non-hydrogen) atoms.